The summed E-state index contributed by atoms with van der Waals surface area (Å²) in [5.41, 5.74) is 8.51. The number of amides is 1. The second kappa shape index (κ2) is 8.17. The van der Waals surface area contributed by atoms with E-state index in [4.69, 9.17) is 5.73 Å². The molecule has 1 fully saturated rings. The number of anilines is 1. The van der Waals surface area contributed by atoms with Gasteiger partial charge in [0.25, 0.3) is 0 Å². The topological polar surface area (TPSA) is 58.4 Å². The molecule has 0 bridgehead atoms. The standard InChI is InChI=1S/C21H27N3O/c1-16(20(22)18-8-4-2-5-9-18)21(25)23-14-17-12-13-24(15-17)19-10-6-3-7-11-19/h2-11,16-17,20H,12-15,22H2,1H3,(H,23,25). The Hall–Kier alpha value is -2.33. The van der Waals surface area contributed by atoms with Gasteiger partial charge >= 0.3 is 0 Å². The third-order valence-corrected chi connectivity index (χ3v) is 5.11. The Bertz CT molecular complexity index is 674. The number of rotatable bonds is 6. The van der Waals surface area contributed by atoms with Crippen LogP contribution in [-0.2, 0) is 4.79 Å². The van der Waals surface area contributed by atoms with Gasteiger partial charge in [-0.1, -0.05) is 55.5 Å². The van der Waals surface area contributed by atoms with Gasteiger partial charge in [0.05, 0.1) is 5.92 Å². The first-order valence-electron chi connectivity index (χ1n) is 9.03. The number of nitrogens with zero attached hydrogens (tertiary/aromatic N) is 1. The summed E-state index contributed by atoms with van der Waals surface area (Å²) in [4.78, 5) is 14.8. The molecule has 132 valence electrons. The monoisotopic (exact) mass is 337 g/mol. The maximum atomic E-state index is 12.5. The molecule has 1 aliphatic heterocycles. The Morgan fingerprint density at radius 3 is 2.48 bits per heavy atom. The molecule has 0 aliphatic carbocycles. The molecule has 1 heterocycles. The highest BCUT2D eigenvalue weighted by Crippen LogP contribution is 2.23. The van der Waals surface area contributed by atoms with Crippen LogP contribution in [0, 0.1) is 11.8 Å². The van der Waals surface area contributed by atoms with E-state index in [-0.39, 0.29) is 17.9 Å². The van der Waals surface area contributed by atoms with Crippen LogP contribution in [0.2, 0.25) is 0 Å². The van der Waals surface area contributed by atoms with Crippen LogP contribution >= 0.6 is 0 Å². The van der Waals surface area contributed by atoms with Crippen molar-refractivity contribution in [3.8, 4) is 0 Å². The summed E-state index contributed by atoms with van der Waals surface area (Å²) in [6.07, 6.45) is 1.11. The van der Waals surface area contributed by atoms with Gasteiger partial charge in [-0.2, -0.15) is 0 Å². The van der Waals surface area contributed by atoms with Crippen LogP contribution in [0.5, 0.6) is 0 Å². The lowest BCUT2D eigenvalue weighted by Gasteiger charge is -2.21. The Balaban J connectivity index is 1.48. The van der Waals surface area contributed by atoms with E-state index in [0.717, 1.165) is 25.1 Å². The van der Waals surface area contributed by atoms with Crippen molar-refractivity contribution in [2.75, 3.05) is 24.5 Å². The lowest BCUT2D eigenvalue weighted by atomic mass is 9.94. The highest BCUT2D eigenvalue weighted by atomic mass is 16.1. The van der Waals surface area contributed by atoms with Crippen LogP contribution < -0.4 is 16.0 Å². The molecule has 2 aromatic carbocycles. The van der Waals surface area contributed by atoms with Gasteiger partial charge in [-0.15, -0.1) is 0 Å². The largest absolute Gasteiger partial charge is 0.371 e. The van der Waals surface area contributed by atoms with E-state index in [2.05, 4.69) is 34.5 Å². The Labute approximate surface area is 150 Å². The second-order valence-electron chi connectivity index (χ2n) is 6.91. The summed E-state index contributed by atoms with van der Waals surface area (Å²) >= 11 is 0. The lowest BCUT2D eigenvalue weighted by molar-refractivity contribution is -0.125. The predicted molar refractivity (Wildman–Crippen MR) is 102 cm³/mol. The minimum atomic E-state index is -0.273. The SMILES string of the molecule is CC(C(=O)NCC1CCN(c2ccccc2)C1)C(N)c1ccccc1. The van der Waals surface area contributed by atoms with Gasteiger partial charge < -0.3 is 16.0 Å². The first-order chi connectivity index (χ1) is 12.1. The van der Waals surface area contributed by atoms with E-state index in [1.165, 1.54) is 5.69 Å². The van der Waals surface area contributed by atoms with Crippen LogP contribution in [-0.4, -0.2) is 25.5 Å². The first kappa shape index (κ1) is 17.5. The molecule has 0 saturated carbocycles. The molecular formula is C21H27N3O. The van der Waals surface area contributed by atoms with Crippen molar-refractivity contribution < 1.29 is 4.79 Å². The number of nitrogens with two attached hydrogens (primary N) is 1. The second-order valence-corrected chi connectivity index (χ2v) is 6.91. The maximum absolute atomic E-state index is 12.5. The van der Waals surface area contributed by atoms with Crippen molar-refractivity contribution in [2.45, 2.75) is 19.4 Å². The van der Waals surface area contributed by atoms with Crippen LogP contribution in [0.15, 0.2) is 60.7 Å². The number of para-hydroxylation sites is 1. The fraction of sp³-hybridized carbons (Fsp3) is 0.381. The molecule has 0 spiro atoms. The number of nitrogens with one attached hydrogen (secondary N) is 1. The molecule has 3 N–H and O–H groups in total. The molecule has 4 nitrogen and oxygen atoms in total. The molecule has 1 amide bonds. The minimum absolute atomic E-state index is 0.0366. The molecule has 0 radical (unpaired) electrons. The highest BCUT2D eigenvalue weighted by molar-refractivity contribution is 5.79. The summed E-state index contributed by atoms with van der Waals surface area (Å²) in [7, 11) is 0. The fourth-order valence-electron chi connectivity index (χ4n) is 3.41. The Morgan fingerprint density at radius 1 is 1.16 bits per heavy atom. The van der Waals surface area contributed by atoms with Gasteiger partial charge in [-0.25, -0.2) is 0 Å². The van der Waals surface area contributed by atoms with Gasteiger partial charge in [0.2, 0.25) is 5.91 Å². The summed E-state index contributed by atoms with van der Waals surface area (Å²) in [5.74, 6) is 0.285. The van der Waals surface area contributed by atoms with Crippen molar-refractivity contribution >= 4 is 11.6 Å². The first-order valence-corrected chi connectivity index (χ1v) is 9.03. The van der Waals surface area contributed by atoms with Crippen molar-refractivity contribution in [3.05, 3.63) is 66.2 Å². The normalized spacial score (nSPS) is 19.4. The number of hydrogen-bond donors (Lipinski definition) is 2. The molecule has 4 heteroatoms. The Morgan fingerprint density at radius 2 is 1.80 bits per heavy atom. The zero-order chi connectivity index (χ0) is 17.6. The quantitative estimate of drug-likeness (QED) is 0.852. The number of hydrogen-bond acceptors (Lipinski definition) is 3. The summed E-state index contributed by atoms with van der Waals surface area (Å²) in [6, 6.07) is 20.0. The summed E-state index contributed by atoms with van der Waals surface area (Å²) < 4.78 is 0. The van der Waals surface area contributed by atoms with Crippen molar-refractivity contribution in [3.63, 3.8) is 0 Å². The number of benzene rings is 2. The average Bonchev–Trinajstić information content (AvgIpc) is 3.15. The van der Waals surface area contributed by atoms with E-state index in [9.17, 15) is 4.79 Å². The van der Waals surface area contributed by atoms with E-state index >= 15 is 0 Å². The summed E-state index contributed by atoms with van der Waals surface area (Å²) in [5, 5.41) is 3.10. The van der Waals surface area contributed by atoms with Crippen LogP contribution in [0.25, 0.3) is 0 Å². The van der Waals surface area contributed by atoms with Crippen molar-refractivity contribution in [1.29, 1.82) is 0 Å². The van der Waals surface area contributed by atoms with Gasteiger partial charge in [0, 0.05) is 31.4 Å². The van der Waals surface area contributed by atoms with E-state index in [0.29, 0.717) is 12.5 Å². The molecule has 1 saturated heterocycles. The van der Waals surface area contributed by atoms with Gasteiger partial charge in [-0.05, 0) is 30.0 Å². The van der Waals surface area contributed by atoms with E-state index in [1.54, 1.807) is 0 Å². The average molecular weight is 337 g/mol. The maximum Gasteiger partial charge on any atom is 0.224 e. The molecule has 2 aromatic rings. The molecule has 3 atom stereocenters. The molecule has 1 aliphatic rings. The van der Waals surface area contributed by atoms with Crippen molar-refractivity contribution in [1.82, 2.24) is 5.32 Å². The molecule has 0 aromatic heterocycles. The van der Waals surface area contributed by atoms with Crippen LogP contribution in [0.4, 0.5) is 5.69 Å². The van der Waals surface area contributed by atoms with Crippen LogP contribution in [0.3, 0.4) is 0 Å². The fourth-order valence-corrected chi connectivity index (χ4v) is 3.41. The zero-order valence-corrected chi connectivity index (χ0v) is 14.8. The Kier molecular flexibility index (Phi) is 5.71. The van der Waals surface area contributed by atoms with Gasteiger partial charge in [0.15, 0.2) is 0 Å². The molecule has 25 heavy (non-hydrogen) atoms. The lowest BCUT2D eigenvalue weighted by Crippen LogP contribution is -2.38. The van der Waals surface area contributed by atoms with E-state index < -0.39 is 0 Å². The predicted octanol–water partition coefficient (Wildman–Crippen LogP) is 2.97. The molecular weight excluding hydrogens is 310 g/mol. The van der Waals surface area contributed by atoms with E-state index in [1.807, 2.05) is 43.3 Å². The minimum Gasteiger partial charge on any atom is -0.371 e. The van der Waals surface area contributed by atoms with Crippen molar-refractivity contribution in [2.24, 2.45) is 17.6 Å². The number of carbonyl (C=O) groups is 1. The number of carbonyl (C=O) groups excluding carboxylic acids is 1. The molecule has 3 rings (SSSR count). The van der Waals surface area contributed by atoms with Gasteiger partial charge in [0.1, 0.15) is 0 Å². The third-order valence-electron chi connectivity index (χ3n) is 5.11. The zero-order valence-electron chi connectivity index (χ0n) is 14.8. The summed E-state index contributed by atoms with van der Waals surface area (Å²) in [6.45, 7) is 4.65. The third kappa shape index (κ3) is 4.40. The highest BCUT2D eigenvalue weighted by Gasteiger charge is 2.26. The smallest absolute Gasteiger partial charge is 0.224 e. The van der Waals surface area contributed by atoms with Gasteiger partial charge in [-0.3, -0.25) is 4.79 Å². The molecule has 3 unspecified atom stereocenters. The van der Waals surface area contributed by atoms with Crippen LogP contribution in [0.1, 0.15) is 24.9 Å².